The van der Waals surface area contributed by atoms with E-state index in [4.69, 9.17) is 5.11 Å². The molecule has 2 N–H and O–H groups in total. The molecule has 62 valence electrons. The van der Waals surface area contributed by atoms with Crippen molar-refractivity contribution in [2.45, 2.75) is 0 Å². The van der Waals surface area contributed by atoms with E-state index >= 15 is 0 Å². The average Bonchev–Trinajstić information content (AvgIpc) is 2.05. The van der Waals surface area contributed by atoms with E-state index in [0.29, 0.717) is 0 Å². The maximum Gasteiger partial charge on any atom is 0.411 e. The van der Waals surface area contributed by atoms with Crippen LogP contribution in [0.1, 0.15) is 10.4 Å². The Hall–Kier alpha value is -1.91. The van der Waals surface area contributed by atoms with Gasteiger partial charge in [0, 0.05) is 12.4 Å². The molecule has 0 unspecified atom stereocenters. The van der Waals surface area contributed by atoms with Gasteiger partial charge in [-0.25, -0.2) is 4.79 Å². The van der Waals surface area contributed by atoms with Gasteiger partial charge in [0.05, 0.1) is 5.56 Å². The van der Waals surface area contributed by atoms with Crippen LogP contribution in [0.4, 0.5) is 4.79 Å². The summed E-state index contributed by atoms with van der Waals surface area (Å²) < 4.78 is 0. The molecule has 0 atom stereocenters. The first kappa shape index (κ1) is 8.19. The van der Waals surface area contributed by atoms with Crippen LogP contribution in [-0.4, -0.2) is 22.1 Å². The molecule has 1 aromatic heterocycles. The molecule has 0 radical (unpaired) electrons. The van der Waals surface area contributed by atoms with Gasteiger partial charge in [-0.1, -0.05) is 0 Å². The van der Waals surface area contributed by atoms with Crippen LogP contribution in [0, 0.1) is 0 Å². The highest BCUT2D eigenvalue weighted by molar-refractivity contribution is 6.02. The molecule has 0 saturated carbocycles. The zero-order chi connectivity index (χ0) is 8.97. The Morgan fingerprint density at radius 2 is 2.25 bits per heavy atom. The van der Waals surface area contributed by atoms with Gasteiger partial charge in [0.15, 0.2) is 0 Å². The molecule has 2 amide bonds. The van der Waals surface area contributed by atoms with Crippen molar-refractivity contribution >= 4 is 12.0 Å². The molecule has 0 aliphatic heterocycles. The number of amides is 2. The number of pyridine rings is 1. The van der Waals surface area contributed by atoms with Gasteiger partial charge < -0.3 is 5.11 Å². The number of carbonyl (C=O) groups excluding carboxylic acids is 1. The van der Waals surface area contributed by atoms with Crippen molar-refractivity contribution in [1.29, 1.82) is 0 Å². The number of nitrogens with one attached hydrogen (secondary N) is 1. The first-order valence-electron chi connectivity index (χ1n) is 3.14. The Kier molecular flexibility index (Phi) is 2.37. The molecule has 5 nitrogen and oxygen atoms in total. The Labute approximate surface area is 68.0 Å². The highest BCUT2D eigenvalue weighted by Gasteiger charge is 2.07. The Morgan fingerprint density at radius 3 is 2.75 bits per heavy atom. The quantitative estimate of drug-likeness (QED) is 0.636. The van der Waals surface area contributed by atoms with E-state index < -0.39 is 12.0 Å². The van der Waals surface area contributed by atoms with Crippen molar-refractivity contribution in [1.82, 2.24) is 10.3 Å². The van der Waals surface area contributed by atoms with Gasteiger partial charge in [0.1, 0.15) is 0 Å². The Bertz CT molecular complexity index is 297. The van der Waals surface area contributed by atoms with Crippen molar-refractivity contribution in [3.63, 3.8) is 0 Å². The predicted octanol–water partition coefficient (Wildman–Crippen LogP) is 0.489. The minimum atomic E-state index is -1.37. The third kappa shape index (κ3) is 2.05. The second kappa shape index (κ2) is 3.47. The standard InChI is InChI=1S/C7H6N2O3/c10-6(9-7(11)12)5-2-1-3-8-4-5/h1-4H,(H,9,10)(H,11,12). The van der Waals surface area contributed by atoms with Crippen LogP contribution >= 0.6 is 0 Å². The fraction of sp³-hybridized carbons (Fsp3) is 0. The molecule has 12 heavy (non-hydrogen) atoms. The average molecular weight is 166 g/mol. The molecular formula is C7H6N2O3. The number of carbonyl (C=O) groups is 2. The van der Waals surface area contributed by atoms with Gasteiger partial charge in [-0.2, -0.15) is 0 Å². The van der Waals surface area contributed by atoms with Crippen LogP contribution in [0.15, 0.2) is 24.5 Å². The molecule has 5 heteroatoms. The van der Waals surface area contributed by atoms with Gasteiger partial charge in [0.2, 0.25) is 0 Å². The van der Waals surface area contributed by atoms with E-state index in [9.17, 15) is 9.59 Å². The molecule has 0 aliphatic carbocycles. The van der Waals surface area contributed by atoms with Crippen LogP contribution in [-0.2, 0) is 0 Å². The second-order valence-electron chi connectivity index (χ2n) is 2.00. The zero-order valence-corrected chi connectivity index (χ0v) is 6.02. The summed E-state index contributed by atoms with van der Waals surface area (Å²) in [5.41, 5.74) is 0.222. The van der Waals surface area contributed by atoms with Crippen LogP contribution in [0.25, 0.3) is 0 Å². The summed E-state index contributed by atoms with van der Waals surface area (Å²) in [7, 11) is 0. The molecule has 0 bridgehead atoms. The van der Waals surface area contributed by atoms with Crippen molar-refractivity contribution in [2.75, 3.05) is 0 Å². The lowest BCUT2D eigenvalue weighted by Gasteiger charge is -1.97. The zero-order valence-electron chi connectivity index (χ0n) is 6.02. The largest absolute Gasteiger partial charge is 0.465 e. The van der Waals surface area contributed by atoms with E-state index in [-0.39, 0.29) is 5.56 Å². The summed E-state index contributed by atoms with van der Waals surface area (Å²) in [6, 6.07) is 3.03. The molecule has 0 spiro atoms. The number of aromatic nitrogens is 1. The minimum absolute atomic E-state index is 0.222. The second-order valence-corrected chi connectivity index (χ2v) is 2.00. The Balaban J connectivity index is 2.73. The molecule has 0 aromatic carbocycles. The summed E-state index contributed by atoms with van der Waals surface area (Å²) >= 11 is 0. The van der Waals surface area contributed by atoms with E-state index in [0.717, 1.165) is 0 Å². The van der Waals surface area contributed by atoms with Gasteiger partial charge in [0.25, 0.3) is 5.91 Å². The maximum absolute atomic E-state index is 10.9. The fourth-order valence-electron chi connectivity index (χ4n) is 0.666. The summed E-state index contributed by atoms with van der Waals surface area (Å²) in [5.74, 6) is -0.671. The van der Waals surface area contributed by atoms with Crippen molar-refractivity contribution < 1.29 is 14.7 Å². The fourth-order valence-corrected chi connectivity index (χ4v) is 0.666. The molecule has 1 heterocycles. The van der Waals surface area contributed by atoms with Crippen LogP contribution in [0.5, 0.6) is 0 Å². The smallest absolute Gasteiger partial charge is 0.411 e. The van der Waals surface area contributed by atoms with Crippen molar-refractivity contribution in [3.05, 3.63) is 30.1 Å². The molecule has 0 aliphatic rings. The molecule has 0 saturated heterocycles. The van der Waals surface area contributed by atoms with Crippen LogP contribution in [0.3, 0.4) is 0 Å². The van der Waals surface area contributed by atoms with Gasteiger partial charge in [-0.15, -0.1) is 0 Å². The van der Waals surface area contributed by atoms with Crippen LogP contribution < -0.4 is 5.32 Å². The number of imide groups is 1. The Morgan fingerprint density at radius 1 is 1.50 bits per heavy atom. The van der Waals surface area contributed by atoms with E-state index in [1.165, 1.54) is 18.5 Å². The first-order chi connectivity index (χ1) is 5.70. The van der Waals surface area contributed by atoms with E-state index in [1.807, 2.05) is 0 Å². The normalized spacial score (nSPS) is 9.00. The molecule has 0 fully saturated rings. The highest BCUT2D eigenvalue weighted by Crippen LogP contribution is 1.94. The third-order valence-corrected chi connectivity index (χ3v) is 1.14. The monoisotopic (exact) mass is 166 g/mol. The molecule has 1 aromatic rings. The SMILES string of the molecule is O=C(O)NC(=O)c1cccnc1. The van der Waals surface area contributed by atoms with Crippen molar-refractivity contribution in [2.24, 2.45) is 0 Å². The van der Waals surface area contributed by atoms with Gasteiger partial charge in [-0.05, 0) is 12.1 Å². The molecular weight excluding hydrogens is 160 g/mol. The lowest BCUT2D eigenvalue weighted by molar-refractivity contribution is 0.0947. The van der Waals surface area contributed by atoms with Crippen molar-refractivity contribution in [3.8, 4) is 0 Å². The lowest BCUT2D eigenvalue weighted by Crippen LogP contribution is -2.28. The summed E-state index contributed by atoms with van der Waals surface area (Å²) in [4.78, 5) is 24.6. The number of carboxylic acid groups (broad SMARTS) is 1. The van der Waals surface area contributed by atoms with Gasteiger partial charge in [-0.3, -0.25) is 15.1 Å². The number of nitrogens with zero attached hydrogens (tertiary/aromatic N) is 1. The summed E-state index contributed by atoms with van der Waals surface area (Å²) in [6.45, 7) is 0. The highest BCUT2D eigenvalue weighted by atomic mass is 16.4. The lowest BCUT2D eigenvalue weighted by atomic mass is 10.3. The van der Waals surface area contributed by atoms with Crippen LogP contribution in [0.2, 0.25) is 0 Å². The number of hydrogen-bond acceptors (Lipinski definition) is 3. The number of rotatable bonds is 1. The maximum atomic E-state index is 10.9. The predicted molar refractivity (Wildman–Crippen MR) is 39.7 cm³/mol. The summed E-state index contributed by atoms with van der Waals surface area (Å²) in [5, 5.41) is 9.89. The topological polar surface area (TPSA) is 79.3 Å². The van der Waals surface area contributed by atoms with E-state index in [1.54, 1.807) is 11.4 Å². The molecule has 1 rings (SSSR count). The van der Waals surface area contributed by atoms with E-state index in [2.05, 4.69) is 4.98 Å². The number of hydrogen-bond donors (Lipinski definition) is 2. The minimum Gasteiger partial charge on any atom is -0.465 e. The summed E-state index contributed by atoms with van der Waals surface area (Å²) in [6.07, 6.45) is 1.42. The third-order valence-electron chi connectivity index (χ3n) is 1.14. The van der Waals surface area contributed by atoms with Gasteiger partial charge >= 0.3 is 6.09 Å². The first-order valence-corrected chi connectivity index (χ1v) is 3.14.